The molecule has 2 aromatic carbocycles. The minimum Gasteiger partial charge on any atom is -0.289 e. The summed E-state index contributed by atoms with van der Waals surface area (Å²) in [6.45, 7) is 0. The van der Waals surface area contributed by atoms with Gasteiger partial charge in [0.1, 0.15) is 5.82 Å². The number of ketones is 1. The predicted octanol–water partition coefficient (Wildman–Crippen LogP) is 5.19. The van der Waals surface area contributed by atoms with E-state index in [9.17, 15) is 9.18 Å². The Morgan fingerprint density at radius 2 is 1.78 bits per heavy atom. The zero-order chi connectivity index (χ0) is 13.3. The Morgan fingerprint density at radius 3 is 2.44 bits per heavy atom. The van der Waals surface area contributed by atoms with Gasteiger partial charge >= 0.3 is 0 Å². The summed E-state index contributed by atoms with van der Waals surface area (Å²) in [5, 5.41) is 0. The summed E-state index contributed by atoms with van der Waals surface area (Å²) >= 11 is 8.58. The summed E-state index contributed by atoms with van der Waals surface area (Å²) in [5.41, 5.74) is 1.02. The van der Waals surface area contributed by atoms with Crippen LogP contribution in [0, 0.1) is 9.39 Å². The fourth-order valence-electron chi connectivity index (χ4n) is 1.46. The molecule has 0 amide bonds. The van der Waals surface area contributed by atoms with Crippen molar-refractivity contribution in [2.24, 2.45) is 0 Å². The maximum Gasteiger partial charge on any atom is 0.194 e. The molecule has 0 atom stereocenters. The monoisotopic (exact) mass is 482 g/mol. The third-order valence-electron chi connectivity index (χ3n) is 2.35. The molecule has 0 saturated heterocycles. The van der Waals surface area contributed by atoms with Gasteiger partial charge in [-0.1, -0.05) is 15.9 Å². The fourth-order valence-corrected chi connectivity index (χ4v) is 2.76. The van der Waals surface area contributed by atoms with Crippen molar-refractivity contribution in [3.05, 3.63) is 65.9 Å². The molecule has 92 valence electrons. The van der Waals surface area contributed by atoms with Crippen LogP contribution >= 0.6 is 54.5 Å². The number of halogens is 4. The molecule has 0 heterocycles. The highest BCUT2D eigenvalue weighted by molar-refractivity contribution is 14.1. The second-order valence-electron chi connectivity index (χ2n) is 3.58. The Bertz CT molecular complexity index is 628. The Balaban J connectivity index is 2.47. The van der Waals surface area contributed by atoms with Crippen LogP contribution in [0.25, 0.3) is 0 Å². The van der Waals surface area contributed by atoms with Crippen LogP contribution in [-0.2, 0) is 0 Å². The number of benzene rings is 2. The molecule has 5 heteroatoms. The van der Waals surface area contributed by atoms with Gasteiger partial charge in [-0.2, -0.15) is 0 Å². The summed E-state index contributed by atoms with van der Waals surface area (Å²) in [4.78, 5) is 12.3. The Labute approximate surface area is 134 Å². The van der Waals surface area contributed by atoms with Crippen LogP contribution in [0.15, 0.2) is 45.3 Å². The normalized spacial score (nSPS) is 10.4. The number of hydrogen-bond acceptors (Lipinski definition) is 1. The molecule has 0 aromatic heterocycles. The minimum atomic E-state index is -0.381. The highest BCUT2D eigenvalue weighted by atomic mass is 127. The van der Waals surface area contributed by atoms with Crippen molar-refractivity contribution >= 4 is 60.2 Å². The maximum atomic E-state index is 13.1. The van der Waals surface area contributed by atoms with E-state index in [1.807, 2.05) is 12.1 Å². The topological polar surface area (TPSA) is 17.1 Å². The van der Waals surface area contributed by atoms with Gasteiger partial charge < -0.3 is 0 Å². The molecule has 1 nitrogen and oxygen atoms in total. The number of rotatable bonds is 2. The molecule has 0 unspecified atom stereocenters. The molecular weight excluding hydrogens is 478 g/mol. The minimum absolute atomic E-state index is 0.138. The number of carbonyl (C=O) groups excluding carboxylic acids is 1. The maximum absolute atomic E-state index is 13.1. The Morgan fingerprint density at radius 1 is 1.06 bits per heavy atom. The molecule has 0 saturated carbocycles. The highest BCUT2D eigenvalue weighted by Gasteiger charge is 2.14. The molecule has 0 aliphatic heterocycles. The third-order valence-corrected chi connectivity index (χ3v) is 4.33. The smallest absolute Gasteiger partial charge is 0.194 e. The van der Waals surface area contributed by atoms with Gasteiger partial charge in [0, 0.05) is 19.2 Å². The van der Waals surface area contributed by atoms with Crippen molar-refractivity contribution in [1.82, 2.24) is 0 Å². The first-order valence-electron chi connectivity index (χ1n) is 4.94. The van der Waals surface area contributed by atoms with Crippen LogP contribution in [0.1, 0.15) is 15.9 Å². The van der Waals surface area contributed by atoms with E-state index in [4.69, 9.17) is 0 Å². The average molecular weight is 484 g/mol. The third kappa shape index (κ3) is 3.00. The van der Waals surface area contributed by atoms with E-state index in [0.29, 0.717) is 11.1 Å². The van der Waals surface area contributed by atoms with E-state index in [1.54, 1.807) is 6.07 Å². The summed E-state index contributed by atoms with van der Waals surface area (Å²) in [7, 11) is 0. The molecule has 2 rings (SSSR count). The zero-order valence-corrected chi connectivity index (χ0v) is 14.2. The van der Waals surface area contributed by atoms with Gasteiger partial charge in [-0.3, -0.25) is 4.79 Å². The van der Waals surface area contributed by atoms with Crippen molar-refractivity contribution < 1.29 is 9.18 Å². The van der Waals surface area contributed by atoms with Crippen molar-refractivity contribution in [1.29, 1.82) is 0 Å². The van der Waals surface area contributed by atoms with Crippen molar-refractivity contribution in [3.63, 3.8) is 0 Å². The second-order valence-corrected chi connectivity index (χ2v) is 6.54. The lowest BCUT2D eigenvalue weighted by atomic mass is 10.0. The average Bonchev–Trinajstić information content (AvgIpc) is 2.35. The molecule has 0 bridgehead atoms. The van der Waals surface area contributed by atoms with Gasteiger partial charge in [0.15, 0.2) is 5.78 Å². The molecule has 0 spiro atoms. The lowest BCUT2D eigenvalue weighted by Gasteiger charge is -2.05. The molecular formula is C13H6Br2FIO. The first-order chi connectivity index (χ1) is 8.49. The lowest BCUT2D eigenvalue weighted by molar-refractivity contribution is 0.103. The quantitative estimate of drug-likeness (QED) is 0.424. The van der Waals surface area contributed by atoms with E-state index in [-0.39, 0.29) is 16.1 Å². The summed E-state index contributed by atoms with van der Waals surface area (Å²) in [6, 6.07) is 9.78. The van der Waals surface area contributed by atoms with Crippen LogP contribution in [0.5, 0.6) is 0 Å². The van der Waals surface area contributed by atoms with Gasteiger partial charge in [-0.05, 0) is 74.9 Å². The predicted molar refractivity (Wildman–Crippen MR) is 84.4 cm³/mol. The Kier molecular flexibility index (Phi) is 4.55. The molecule has 0 radical (unpaired) electrons. The van der Waals surface area contributed by atoms with Crippen molar-refractivity contribution in [2.45, 2.75) is 0 Å². The molecule has 2 aromatic rings. The van der Waals surface area contributed by atoms with Gasteiger partial charge in [-0.15, -0.1) is 0 Å². The number of hydrogen-bond donors (Lipinski definition) is 0. The van der Waals surface area contributed by atoms with Crippen LogP contribution in [0.2, 0.25) is 0 Å². The van der Waals surface area contributed by atoms with Crippen molar-refractivity contribution in [2.75, 3.05) is 0 Å². The van der Waals surface area contributed by atoms with Crippen molar-refractivity contribution in [3.8, 4) is 0 Å². The molecule has 0 aliphatic carbocycles. The summed E-state index contributed by atoms with van der Waals surface area (Å²) < 4.78 is 15.1. The van der Waals surface area contributed by atoms with Crippen LogP contribution in [0.3, 0.4) is 0 Å². The van der Waals surface area contributed by atoms with E-state index >= 15 is 0 Å². The first kappa shape index (κ1) is 14.1. The summed E-state index contributed by atoms with van der Waals surface area (Å²) in [6.07, 6.45) is 0. The lowest BCUT2D eigenvalue weighted by Crippen LogP contribution is -2.03. The highest BCUT2D eigenvalue weighted by Crippen LogP contribution is 2.24. The van der Waals surface area contributed by atoms with Crippen LogP contribution in [-0.4, -0.2) is 5.78 Å². The Hall–Kier alpha value is -0.270. The van der Waals surface area contributed by atoms with Gasteiger partial charge in [0.25, 0.3) is 0 Å². The zero-order valence-electron chi connectivity index (χ0n) is 8.88. The summed E-state index contributed by atoms with van der Waals surface area (Å²) in [5.74, 6) is -0.519. The van der Waals surface area contributed by atoms with Crippen LogP contribution < -0.4 is 0 Å². The van der Waals surface area contributed by atoms with Gasteiger partial charge in [0.05, 0.1) is 4.47 Å². The molecule has 18 heavy (non-hydrogen) atoms. The van der Waals surface area contributed by atoms with Crippen LogP contribution in [0.4, 0.5) is 4.39 Å². The number of carbonyl (C=O) groups is 1. The molecule has 0 N–H and O–H groups in total. The second kappa shape index (κ2) is 5.79. The van der Waals surface area contributed by atoms with E-state index in [0.717, 1.165) is 8.04 Å². The van der Waals surface area contributed by atoms with E-state index < -0.39 is 0 Å². The fraction of sp³-hybridized carbons (Fsp3) is 0. The van der Waals surface area contributed by atoms with E-state index in [2.05, 4.69) is 54.5 Å². The molecule has 0 fully saturated rings. The largest absolute Gasteiger partial charge is 0.289 e. The standard InChI is InChI=1S/C13H6Br2FIO/c14-10-3-2-8(17)6-9(10)13(18)7-1-4-12(16)11(15)5-7/h1-6H. The van der Waals surface area contributed by atoms with E-state index in [1.165, 1.54) is 18.2 Å². The SMILES string of the molecule is O=C(c1ccc(F)c(Br)c1)c1cc(I)ccc1Br. The van der Waals surface area contributed by atoms with Gasteiger partial charge in [0.2, 0.25) is 0 Å². The molecule has 0 aliphatic rings. The van der Waals surface area contributed by atoms with Gasteiger partial charge in [-0.25, -0.2) is 4.39 Å². The first-order valence-corrected chi connectivity index (χ1v) is 7.60.